The minimum Gasteiger partial charge on any atom is -0.395 e. The summed E-state index contributed by atoms with van der Waals surface area (Å²) in [6, 6.07) is 0. The van der Waals surface area contributed by atoms with Gasteiger partial charge in [0.05, 0.1) is 13.2 Å². The number of carbonyl (C=O) groups is 3. The molecule has 0 saturated carbocycles. The monoisotopic (exact) mass is 359 g/mol. The third kappa shape index (κ3) is 9.52. The second kappa shape index (κ2) is 11.9. The predicted octanol–water partition coefficient (Wildman–Crippen LogP) is -0.364. The van der Waals surface area contributed by atoms with E-state index in [-0.39, 0.29) is 63.6 Å². The van der Waals surface area contributed by atoms with E-state index in [4.69, 9.17) is 15.6 Å². The van der Waals surface area contributed by atoms with Gasteiger partial charge in [0.15, 0.2) is 5.78 Å². The first-order valence-electron chi connectivity index (χ1n) is 8.64. The average Bonchev–Trinajstić information content (AvgIpc) is 2.52. The lowest BCUT2D eigenvalue weighted by molar-refractivity contribution is -0.145. The highest BCUT2D eigenvalue weighted by Crippen LogP contribution is 2.15. The van der Waals surface area contributed by atoms with Crippen molar-refractivity contribution in [2.45, 2.75) is 34.1 Å². The maximum absolute atomic E-state index is 12.2. The van der Waals surface area contributed by atoms with Gasteiger partial charge >= 0.3 is 0 Å². The molecule has 0 aromatic heterocycles. The van der Waals surface area contributed by atoms with Crippen molar-refractivity contribution in [1.82, 2.24) is 9.80 Å². The zero-order valence-electron chi connectivity index (χ0n) is 15.9. The molecule has 0 fully saturated rings. The summed E-state index contributed by atoms with van der Waals surface area (Å²) < 4.78 is 5.21. The first-order valence-corrected chi connectivity index (χ1v) is 8.64. The molecule has 0 rings (SSSR count). The van der Waals surface area contributed by atoms with E-state index in [1.165, 1.54) is 9.80 Å². The molecule has 0 aliphatic carbocycles. The number of hydrogen-bond donors (Lipinski definition) is 2. The van der Waals surface area contributed by atoms with Gasteiger partial charge < -0.3 is 25.4 Å². The van der Waals surface area contributed by atoms with Gasteiger partial charge in [-0.1, -0.05) is 27.7 Å². The maximum atomic E-state index is 12.2. The van der Waals surface area contributed by atoms with Crippen molar-refractivity contribution in [3.05, 3.63) is 0 Å². The van der Waals surface area contributed by atoms with Crippen molar-refractivity contribution in [1.29, 1.82) is 0 Å². The van der Waals surface area contributed by atoms with E-state index >= 15 is 0 Å². The van der Waals surface area contributed by atoms with Crippen LogP contribution in [0, 0.1) is 5.41 Å². The molecule has 0 radical (unpaired) electrons. The number of hydrogen-bond acceptors (Lipinski definition) is 6. The quantitative estimate of drug-likeness (QED) is 0.492. The molecule has 0 aliphatic rings. The van der Waals surface area contributed by atoms with Crippen LogP contribution in [0.5, 0.6) is 0 Å². The van der Waals surface area contributed by atoms with Crippen LogP contribution in [-0.2, 0) is 19.1 Å². The third-order valence-electron chi connectivity index (χ3n) is 3.59. The molecule has 0 aliphatic heterocycles. The minimum atomic E-state index is -0.547. The Labute approximate surface area is 150 Å². The molecule has 0 unspecified atom stereocenters. The van der Waals surface area contributed by atoms with E-state index < -0.39 is 5.41 Å². The molecular formula is C17H33N3O5. The van der Waals surface area contributed by atoms with E-state index in [1.54, 1.807) is 20.8 Å². The first-order chi connectivity index (χ1) is 11.7. The first kappa shape index (κ1) is 23.5. The SMILES string of the molecule is CCCN(CCO)C(=O)COCC(=O)N(CCN)CC(=O)C(C)(C)C. The van der Waals surface area contributed by atoms with Crippen LogP contribution in [0.1, 0.15) is 34.1 Å². The molecule has 8 nitrogen and oxygen atoms in total. The van der Waals surface area contributed by atoms with Crippen molar-refractivity contribution in [2.24, 2.45) is 11.1 Å². The van der Waals surface area contributed by atoms with Gasteiger partial charge in [0.1, 0.15) is 13.2 Å². The molecule has 25 heavy (non-hydrogen) atoms. The number of ketones is 1. The fourth-order valence-corrected chi connectivity index (χ4v) is 2.02. The van der Waals surface area contributed by atoms with Crippen LogP contribution in [-0.4, -0.2) is 85.0 Å². The smallest absolute Gasteiger partial charge is 0.249 e. The molecule has 146 valence electrons. The van der Waals surface area contributed by atoms with Gasteiger partial charge in [0, 0.05) is 31.6 Å². The Balaban J connectivity index is 4.51. The van der Waals surface area contributed by atoms with Crippen LogP contribution in [0.15, 0.2) is 0 Å². The Kier molecular flexibility index (Phi) is 11.2. The molecule has 8 heteroatoms. The molecule has 0 spiro atoms. The summed E-state index contributed by atoms with van der Waals surface area (Å²) in [5, 5.41) is 8.97. The average molecular weight is 359 g/mol. The molecule has 0 aromatic carbocycles. The van der Waals surface area contributed by atoms with Crippen molar-refractivity contribution < 1.29 is 24.2 Å². The van der Waals surface area contributed by atoms with Gasteiger partial charge in [0.2, 0.25) is 11.8 Å². The summed E-state index contributed by atoms with van der Waals surface area (Å²) in [6.07, 6.45) is 0.768. The number of aliphatic hydroxyl groups excluding tert-OH is 1. The predicted molar refractivity (Wildman–Crippen MR) is 94.9 cm³/mol. The number of amides is 2. The van der Waals surface area contributed by atoms with Crippen molar-refractivity contribution in [3.8, 4) is 0 Å². The Hall–Kier alpha value is -1.51. The number of nitrogens with two attached hydrogens (primary N) is 1. The molecule has 0 heterocycles. The third-order valence-corrected chi connectivity index (χ3v) is 3.59. The topological polar surface area (TPSA) is 113 Å². The van der Waals surface area contributed by atoms with Gasteiger partial charge in [0.25, 0.3) is 0 Å². The second-order valence-corrected chi connectivity index (χ2v) is 6.87. The fourth-order valence-electron chi connectivity index (χ4n) is 2.02. The van der Waals surface area contributed by atoms with Crippen LogP contribution in [0.4, 0.5) is 0 Å². The Bertz CT molecular complexity index is 428. The lowest BCUT2D eigenvalue weighted by Gasteiger charge is -2.26. The van der Waals surface area contributed by atoms with Crippen molar-refractivity contribution in [2.75, 3.05) is 52.5 Å². The Morgan fingerprint density at radius 2 is 1.56 bits per heavy atom. The molecule has 0 bridgehead atoms. The second-order valence-electron chi connectivity index (χ2n) is 6.87. The molecule has 0 saturated heterocycles. The largest absolute Gasteiger partial charge is 0.395 e. The van der Waals surface area contributed by atoms with Crippen LogP contribution >= 0.6 is 0 Å². The summed E-state index contributed by atoms with van der Waals surface area (Å²) in [4.78, 5) is 39.2. The minimum absolute atomic E-state index is 0.0245. The lowest BCUT2D eigenvalue weighted by atomic mass is 9.90. The molecule has 2 amide bonds. The zero-order chi connectivity index (χ0) is 19.5. The Morgan fingerprint density at radius 1 is 1.00 bits per heavy atom. The highest BCUT2D eigenvalue weighted by Gasteiger charge is 2.25. The summed E-state index contributed by atoms with van der Waals surface area (Å²) in [7, 11) is 0. The van der Waals surface area contributed by atoms with Crippen LogP contribution in [0.3, 0.4) is 0 Å². The van der Waals surface area contributed by atoms with E-state index in [9.17, 15) is 14.4 Å². The number of carbonyl (C=O) groups excluding carboxylic acids is 3. The lowest BCUT2D eigenvalue weighted by Crippen LogP contribution is -2.44. The van der Waals surface area contributed by atoms with Gasteiger partial charge in [-0.2, -0.15) is 0 Å². The van der Waals surface area contributed by atoms with Gasteiger partial charge in [-0.3, -0.25) is 14.4 Å². The van der Waals surface area contributed by atoms with Gasteiger partial charge in [-0.15, -0.1) is 0 Å². The molecule has 0 aromatic rings. The maximum Gasteiger partial charge on any atom is 0.249 e. The van der Waals surface area contributed by atoms with Gasteiger partial charge in [-0.05, 0) is 6.42 Å². The standard InChI is InChI=1S/C17H33N3O5/c1-5-7-19(9-10-21)15(23)12-25-13-16(24)20(8-6-18)11-14(22)17(2,3)4/h21H,5-13,18H2,1-4H3. The summed E-state index contributed by atoms with van der Waals surface area (Å²) >= 11 is 0. The van der Waals surface area contributed by atoms with E-state index in [0.29, 0.717) is 6.54 Å². The molecular weight excluding hydrogens is 326 g/mol. The normalized spacial score (nSPS) is 11.3. The zero-order valence-corrected chi connectivity index (χ0v) is 15.9. The van der Waals surface area contributed by atoms with Crippen molar-refractivity contribution >= 4 is 17.6 Å². The molecule has 3 N–H and O–H groups in total. The van der Waals surface area contributed by atoms with E-state index in [2.05, 4.69) is 0 Å². The molecule has 0 atom stereocenters. The van der Waals surface area contributed by atoms with E-state index in [0.717, 1.165) is 6.42 Å². The van der Waals surface area contributed by atoms with Crippen LogP contribution < -0.4 is 5.73 Å². The number of Topliss-reactive ketones (excluding diaryl/α,β-unsaturated/α-hetero) is 1. The summed E-state index contributed by atoms with van der Waals surface area (Å²) in [6.45, 7) is 7.88. The Morgan fingerprint density at radius 3 is 2.00 bits per heavy atom. The highest BCUT2D eigenvalue weighted by molar-refractivity contribution is 5.89. The fraction of sp³-hybridized carbons (Fsp3) is 0.824. The number of rotatable bonds is 12. The number of ether oxygens (including phenoxy) is 1. The highest BCUT2D eigenvalue weighted by atomic mass is 16.5. The van der Waals surface area contributed by atoms with Crippen LogP contribution in [0.25, 0.3) is 0 Å². The number of nitrogens with zero attached hydrogens (tertiary/aromatic N) is 2. The van der Waals surface area contributed by atoms with Crippen molar-refractivity contribution in [3.63, 3.8) is 0 Å². The summed E-state index contributed by atoms with van der Waals surface area (Å²) in [5.41, 5.74) is 4.96. The van der Waals surface area contributed by atoms with E-state index in [1.807, 2.05) is 6.92 Å². The van der Waals surface area contributed by atoms with Crippen LogP contribution in [0.2, 0.25) is 0 Å². The summed E-state index contributed by atoms with van der Waals surface area (Å²) in [5.74, 6) is -0.720. The number of aliphatic hydroxyl groups is 1. The van der Waals surface area contributed by atoms with Gasteiger partial charge in [-0.25, -0.2) is 0 Å².